The van der Waals surface area contributed by atoms with Gasteiger partial charge in [-0.15, -0.1) is 0 Å². The van der Waals surface area contributed by atoms with Crippen LogP contribution in [0.1, 0.15) is 6.92 Å². The van der Waals surface area contributed by atoms with Crippen LogP contribution in [0.4, 0.5) is 0 Å². The average Bonchev–Trinajstić information content (AvgIpc) is 2.15. The lowest BCUT2D eigenvalue weighted by atomic mass is 10.3. The largest absolute Gasteiger partial charge is 0.395 e. The van der Waals surface area contributed by atoms with Crippen molar-refractivity contribution in [1.82, 2.24) is 10.2 Å². The van der Waals surface area contributed by atoms with Crippen LogP contribution in [0.2, 0.25) is 0 Å². The van der Waals surface area contributed by atoms with E-state index in [-0.39, 0.29) is 18.6 Å². The minimum absolute atomic E-state index is 0.0247. The molecular formula is C9H20N2O3. The van der Waals surface area contributed by atoms with E-state index in [1.807, 2.05) is 18.9 Å². The third kappa shape index (κ3) is 5.90. The zero-order valence-corrected chi connectivity index (χ0v) is 9.12. The van der Waals surface area contributed by atoms with Crippen LogP contribution < -0.4 is 5.32 Å². The second-order valence-corrected chi connectivity index (χ2v) is 3.29. The SMILES string of the molecule is COCC(C)N(C)CC(=O)NCCO. The molecule has 0 saturated carbocycles. The molecule has 5 heteroatoms. The quantitative estimate of drug-likeness (QED) is 0.562. The van der Waals surface area contributed by atoms with Gasteiger partial charge in [-0.25, -0.2) is 0 Å². The number of hydrogen-bond acceptors (Lipinski definition) is 4. The van der Waals surface area contributed by atoms with Gasteiger partial charge in [0.25, 0.3) is 0 Å². The van der Waals surface area contributed by atoms with Gasteiger partial charge in [0.1, 0.15) is 0 Å². The van der Waals surface area contributed by atoms with Crippen molar-refractivity contribution in [2.75, 3.05) is 40.5 Å². The molecule has 0 aliphatic heterocycles. The molecule has 84 valence electrons. The summed E-state index contributed by atoms with van der Waals surface area (Å²) in [6, 6.07) is 0.208. The fraction of sp³-hybridized carbons (Fsp3) is 0.889. The summed E-state index contributed by atoms with van der Waals surface area (Å²) in [4.78, 5) is 13.1. The van der Waals surface area contributed by atoms with Crippen molar-refractivity contribution in [1.29, 1.82) is 0 Å². The Morgan fingerprint density at radius 2 is 2.29 bits per heavy atom. The molecule has 0 radical (unpaired) electrons. The zero-order valence-electron chi connectivity index (χ0n) is 9.12. The number of hydrogen-bond donors (Lipinski definition) is 2. The van der Waals surface area contributed by atoms with Gasteiger partial charge in [0, 0.05) is 19.7 Å². The number of rotatable bonds is 7. The topological polar surface area (TPSA) is 61.8 Å². The highest BCUT2D eigenvalue weighted by Crippen LogP contribution is 1.94. The molecule has 5 nitrogen and oxygen atoms in total. The number of ether oxygens (including phenoxy) is 1. The van der Waals surface area contributed by atoms with E-state index in [1.165, 1.54) is 0 Å². The Balaban J connectivity index is 3.69. The van der Waals surface area contributed by atoms with Gasteiger partial charge in [-0.3, -0.25) is 9.69 Å². The van der Waals surface area contributed by atoms with Gasteiger partial charge in [0.2, 0.25) is 5.91 Å². The lowest BCUT2D eigenvalue weighted by Gasteiger charge is -2.23. The van der Waals surface area contributed by atoms with Gasteiger partial charge in [0.15, 0.2) is 0 Å². The zero-order chi connectivity index (χ0) is 11.0. The van der Waals surface area contributed by atoms with Gasteiger partial charge in [-0.2, -0.15) is 0 Å². The summed E-state index contributed by atoms with van der Waals surface area (Å²) < 4.78 is 4.97. The Bertz CT molecular complexity index is 164. The Morgan fingerprint density at radius 3 is 2.79 bits per heavy atom. The summed E-state index contributed by atoms with van der Waals surface area (Å²) >= 11 is 0. The van der Waals surface area contributed by atoms with Crippen LogP contribution in [0.5, 0.6) is 0 Å². The van der Waals surface area contributed by atoms with E-state index < -0.39 is 0 Å². The number of nitrogens with one attached hydrogen (secondary N) is 1. The molecule has 1 unspecified atom stereocenters. The molecule has 1 amide bonds. The van der Waals surface area contributed by atoms with Crippen LogP contribution in [0.15, 0.2) is 0 Å². The van der Waals surface area contributed by atoms with Crippen LogP contribution in [-0.4, -0.2) is 62.4 Å². The number of methoxy groups -OCH3 is 1. The lowest BCUT2D eigenvalue weighted by Crippen LogP contribution is -2.41. The average molecular weight is 204 g/mol. The van der Waals surface area contributed by atoms with Gasteiger partial charge in [-0.05, 0) is 14.0 Å². The van der Waals surface area contributed by atoms with Gasteiger partial charge >= 0.3 is 0 Å². The Kier molecular flexibility index (Phi) is 7.37. The molecule has 14 heavy (non-hydrogen) atoms. The number of carbonyl (C=O) groups is 1. The molecule has 0 saturated heterocycles. The molecule has 0 aromatic heterocycles. The van der Waals surface area contributed by atoms with Gasteiger partial charge in [0.05, 0.1) is 19.8 Å². The Hall–Kier alpha value is -0.650. The number of likely N-dealkylation sites (N-methyl/N-ethyl adjacent to an activating group) is 1. The second kappa shape index (κ2) is 7.73. The number of amides is 1. The van der Waals surface area contributed by atoms with E-state index in [1.54, 1.807) is 7.11 Å². The predicted octanol–water partition coefficient (Wildman–Crippen LogP) is -0.938. The fourth-order valence-electron chi connectivity index (χ4n) is 1.00. The minimum Gasteiger partial charge on any atom is -0.395 e. The highest BCUT2D eigenvalue weighted by molar-refractivity contribution is 5.77. The highest BCUT2D eigenvalue weighted by atomic mass is 16.5. The molecule has 0 aromatic rings. The highest BCUT2D eigenvalue weighted by Gasteiger charge is 2.11. The van der Waals surface area contributed by atoms with Crippen LogP contribution in [-0.2, 0) is 9.53 Å². The van der Waals surface area contributed by atoms with E-state index >= 15 is 0 Å². The maximum Gasteiger partial charge on any atom is 0.234 e. The number of aliphatic hydroxyl groups excluding tert-OH is 1. The summed E-state index contributed by atoms with van der Waals surface area (Å²) in [6.07, 6.45) is 0. The molecule has 0 fully saturated rings. The molecule has 0 bridgehead atoms. The standard InChI is InChI=1S/C9H20N2O3/c1-8(7-14-3)11(2)6-9(13)10-4-5-12/h8,12H,4-7H2,1-3H3,(H,10,13). The third-order valence-electron chi connectivity index (χ3n) is 1.99. The van der Waals surface area contributed by atoms with E-state index in [0.717, 1.165) is 0 Å². The molecular weight excluding hydrogens is 184 g/mol. The van der Waals surface area contributed by atoms with Crippen molar-refractivity contribution in [3.05, 3.63) is 0 Å². The van der Waals surface area contributed by atoms with Crippen LogP contribution in [0.25, 0.3) is 0 Å². The molecule has 0 spiro atoms. The summed E-state index contributed by atoms with van der Waals surface area (Å²) in [5.74, 6) is -0.0792. The molecule has 1 atom stereocenters. The second-order valence-electron chi connectivity index (χ2n) is 3.29. The number of nitrogens with zero attached hydrogens (tertiary/aromatic N) is 1. The van der Waals surface area contributed by atoms with Crippen molar-refractivity contribution < 1.29 is 14.6 Å². The molecule has 0 aliphatic carbocycles. The molecule has 0 aromatic carbocycles. The normalized spacial score (nSPS) is 12.9. The Labute approximate surface area is 85.0 Å². The molecule has 0 aliphatic rings. The van der Waals surface area contributed by atoms with E-state index in [0.29, 0.717) is 19.7 Å². The fourth-order valence-corrected chi connectivity index (χ4v) is 1.00. The monoisotopic (exact) mass is 204 g/mol. The lowest BCUT2D eigenvalue weighted by molar-refractivity contribution is -0.122. The van der Waals surface area contributed by atoms with E-state index in [4.69, 9.17) is 9.84 Å². The maximum absolute atomic E-state index is 11.2. The van der Waals surface area contributed by atoms with Crippen molar-refractivity contribution in [2.45, 2.75) is 13.0 Å². The van der Waals surface area contributed by atoms with Crippen molar-refractivity contribution in [3.8, 4) is 0 Å². The van der Waals surface area contributed by atoms with Crippen LogP contribution >= 0.6 is 0 Å². The maximum atomic E-state index is 11.2. The summed E-state index contributed by atoms with van der Waals surface area (Å²) in [5, 5.41) is 11.1. The summed E-state index contributed by atoms with van der Waals surface area (Å²) in [5.41, 5.74) is 0. The van der Waals surface area contributed by atoms with Gasteiger partial charge in [-0.1, -0.05) is 0 Å². The summed E-state index contributed by atoms with van der Waals surface area (Å²) in [7, 11) is 3.50. The van der Waals surface area contributed by atoms with E-state index in [2.05, 4.69) is 5.32 Å². The van der Waals surface area contributed by atoms with Crippen molar-refractivity contribution >= 4 is 5.91 Å². The first-order valence-electron chi connectivity index (χ1n) is 4.68. The number of aliphatic hydroxyl groups is 1. The first-order chi connectivity index (χ1) is 6.61. The molecule has 0 heterocycles. The first-order valence-corrected chi connectivity index (χ1v) is 4.68. The van der Waals surface area contributed by atoms with Crippen molar-refractivity contribution in [3.63, 3.8) is 0 Å². The summed E-state index contributed by atoms with van der Waals surface area (Å²) in [6.45, 7) is 3.20. The first kappa shape index (κ1) is 13.4. The Morgan fingerprint density at radius 1 is 1.64 bits per heavy atom. The number of carbonyl (C=O) groups excluding carboxylic acids is 1. The van der Waals surface area contributed by atoms with Crippen LogP contribution in [0, 0.1) is 0 Å². The van der Waals surface area contributed by atoms with Gasteiger partial charge < -0.3 is 15.2 Å². The van der Waals surface area contributed by atoms with E-state index in [9.17, 15) is 4.79 Å². The minimum atomic E-state index is -0.0792. The third-order valence-corrected chi connectivity index (χ3v) is 1.99. The smallest absolute Gasteiger partial charge is 0.234 e. The van der Waals surface area contributed by atoms with Crippen LogP contribution in [0.3, 0.4) is 0 Å². The molecule has 2 N–H and O–H groups in total. The van der Waals surface area contributed by atoms with Crippen molar-refractivity contribution in [2.24, 2.45) is 0 Å². The predicted molar refractivity (Wildman–Crippen MR) is 54.1 cm³/mol. The molecule has 0 rings (SSSR count).